The monoisotopic (exact) mass is 551 g/mol. The van der Waals surface area contributed by atoms with Gasteiger partial charge in [0.1, 0.15) is 17.1 Å². The number of methoxy groups -OCH3 is 1. The van der Waals surface area contributed by atoms with Crippen LogP contribution in [0.5, 0.6) is 5.75 Å². The number of alkyl carbamates (subject to hydrolysis) is 1. The number of ketones is 1. The maximum atomic E-state index is 12.9. The van der Waals surface area contributed by atoms with Gasteiger partial charge in [0.2, 0.25) is 0 Å². The second-order valence-electron chi connectivity index (χ2n) is 8.39. The molecule has 0 fully saturated rings. The Kier molecular flexibility index (Phi) is 10.3. The third kappa shape index (κ3) is 7.70. The van der Waals surface area contributed by atoms with Crippen LogP contribution in [-0.2, 0) is 11.2 Å². The van der Waals surface area contributed by atoms with Crippen molar-refractivity contribution in [1.29, 1.82) is 0 Å². The standard InChI is InChI=1S/C25H30BrNO6S/c1-14(2)10-17-12-18(26)21(34-17)11-16(4)23(29)22-19(28)13-20(33-24(22)30)15(3)8-6-7-9-27-25(31)32-5/h7,9,11-15,28H,6,8,10H2,1-5H3,(H,27,31)/b9-7+,16-11+. The van der Waals surface area contributed by atoms with Crippen molar-refractivity contribution in [2.75, 3.05) is 7.11 Å². The number of hydrogen-bond acceptors (Lipinski definition) is 7. The van der Waals surface area contributed by atoms with Crippen molar-refractivity contribution in [1.82, 2.24) is 5.32 Å². The van der Waals surface area contributed by atoms with Crippen LogP contribution in [0.2, 0.25) is 0 Å². The van der Waals surface area contributed by atoms with Crippen LogP contribution in [-0.4, -0.2) is 24.1 Å². The number of nitrogens with one attached hydrogen (secondary N) is 1. The Morgan fingerprint density at radius 2 is 2.00 bits per heavy atom. The van der Waals surface area contributed by atoms with Crippen molar-refractivity contribution < 1.29 is 23.8 Å². The van der Waals surface area contributed by atoms with E-state index in [1.165, 1.54) is 24.3 Å². The van der Waals surface area contributed by atoms with Crippen molar-refractivity contribution in [3.05, 3.63) is 66.0 Å². The Morgan fingerprint density at radius 1 is 1.29 bits per heavy atom. The molecule has 0 bridgehead atoms. The average Bonchev–Trinajstić information content (AvgIpc) is 3.09. The lowest BCUT2D eigenvalue weighted by Gasteiger charge is -2.11. The molecule has 0 aliphatic rings. The summed E-state index contributed by atoms with van der Waals surface area (Å²) < 4.78 is 10.7. The molecule has 0 saturated heterocycles. The summed E-state index contributed by atoms with van der Waals surface area (Å²) in [6.45, 7) is 7.74. The van der Waals surface area contributed by atoms with Gasteiger partial charge in [0.05, 0.1) is 7.11 Å². The molecule has 9 heteroatoms. The number of halogens is 1. The summed E-state index contributed by atoms with van der Waals surface area (Å²) in [5, 5.41) is 12.9. The lowest BCUT2D eigenvalue weighted by Crippen LogP contribution is -2.16. The minimum atomic E-state index is -0.867. The first kappa shape index (κ1) is 27.6. The second kappa shape index (κ2) is 12.7. The first-order chi connectivity index (χ1) is 16.0. The van der Waals surface area contributed by atoms with Crippen LogP contribution in [0.4, 0.5) is 4.79 Å². The van der Waals surface area contributed by atoms with Crippen LogP contribution in [0.25, 0.3) is 6.08 Å². The van der Waals surface area contributed by atoms with Gasteiger partial charge in [-0.25, -0.2) is 9.59 Å². The molecule has 2 rings (SSSR count). The molecule has 0 aliphatic heterocycles. The highest BCUT2D eigenvalue weighted by Crippen LogP contribution is 2.32. The molecule has 0 aromatic carbocycles. The summed E-state index contributed by atoms with van der Waals surface area (Å²) in [6, 6.07) is 3.36. The molecule has 2 aromatic rings. The van der Waals surface area contributed by atoms with Crippen LogP contribution in [0.15, 0.2) is 43.7 Å². The van der Waals surface area contributed by atoms with E-state index in [9.17, 15) is 19.5 Å². The predicted molar refractivity (Wildman–Crippen MR) is 138 cm³/mol. The van der Waals surface area contributed by atoms with Gasteiger partial charge < -0.3 is 14.3 Å². The highest BCUT2D eigenvalue weighted by Gasteiger charge is 2.22. The molecule has 1 unspecified atom stereocenters. The molecule has 0 radical (unpaired) electrons. The van der Waals surface area contributed by atoms with Crippen LogP contribution >= 0.6 is 27.3 Å². The van der Waals surface area contributed by atoms with E-state index in [0.29, 0.717) is 24.3 Å². The first-order valence-corrected chi connectivity index (χ1v) is 12.5. The third-order valence-electron chi connectivity index (χ3n) is 5.01. The number of aromatic hydroxyl groups is 1. The fraction of sp³-hybridized carbons (Fsp3) is 0.400. The van der Waals surface area contributed by atoms with Crippen LogP contribution in [0, 0.1) is 5.92 Å². The molecule has 2 heterocycles. The SMILES string of the molecule is COC(=O)N/C=C/CCC(C)c1cc(O)c(C(=O)/C(C)=C/c2sc(CC(C)C)cc2Br)c(=O)o1. The van der Waals surface area contributed by atoms with Gasteiger partial charge in [-0.05, 0) is 65.7 Å². The third-order valence-corrected chi connectivity index (χ3v) is 7.04. The van der Waals surface area contributed by atoms with E-state index in [1.807, 2.05) is 13.0 Å². The molecule has 0 saturated carbocycles. The summed E-state index contributed by atoms with van der Waals surface area (Å²) in [5.41, 5.74) is -0.916. The Balaban J connectivity index is 2.15. The quantitative estimate of drug-likeness (QED) is 0.261. The Hall–Kier alpha value is -2.65. The normalized spacial score (nSPS) is 12.9. The highest BCUT2D eigenvalue weighted by molar-refractivity contribution is 9.10. The number of hydrogen-bond donors (Lipinski definition) is 2. The zero-order chi connectivity index (χ0) is 25.4. The van der Waals surface area contributed by atoms with E-state index in [1.54, 1.807) is 30.4 Å². The maximum absolute atomic E-state index is 12.9. The molecular formula is C25H30BrNO6S. The lowest BCUT2D eigenvalue weighted by atomic mass is 10.00. The number of amides is 1. The summed E-state index contributed by atoms with van der Waals surface area (Å²) in [6.07, 6.45) is 6.49. The number of ether oxygens (including phenoxy) is 1. The summed E-state index contributed by atoms with van der Waals surface area (Å²) in [5.74, 6) is -0.365. The minimum Gasteiger partial charge on any atom is -0.507 e. The number of carbonyl (C=O) groups is 2. The van der Waals surface area contributed by atoms with Gasteiger partial charge in [0.15, 0.2) is 5.78 Å². The molecule has 1 atom stereocenters. The Bertz CT molecular complexity index is 1140. The first-order valence-electron chi connectivity index (χ1n) is 10.9. The second-order valence-corrected chi connectivity index (χ2v) is 10.4. The summed E-state index contributed by atoms with van der Waals surface area (Å²) >= 11 is 5.11. The van der Waals surface area contributed by atoms with E-state index in [4.69, 9.17) is 4.42 Å². The summed E-state index contributed by atoms with van der Waals surface area (Å²) in [7, 11) is 1.27. The predicted octanol–water partition coefficient (Wildman–Crippen LogP) is 6.41. The van der Waals surface area contributed by atoms with Crippen molar-refractivity contribution >= 4 is 45.2 Å². The molecule has 34 heavy (non-hydrogen) atoms. The Morgan fingerprint density at radius 3 is 2.62 bits per heavy atom. The van der Waals surface area contributed by atoms with Crippen molar-refractivity contribution in [3.8, 4) is 5.75 Å². The van der Waals surface area contributed by atoms with E-state index in [0.717, 1.165) is 15.8 Å². The highest BCUT2D eigenvalue weighted by atomic mass is 79.9. The molecule has 2 aromatic heterocycles. The van der Waals surface area contributed by atoms with Crippen molar-refractivity contribution in [3.63, 3.8) is 0 Å². The van der Waals surface area contributed by atoms with Gasteiger partial charge >= 0.3 is 11.7 Å². The average molecular weight is 552 g/mol. The molecule has 0 spiro atoms. The lowest BCUT2D eigenvalue weighted by molar-refractivity contribution is 0.102. The van der Waals surface area contributed by atoms with Gasteiger partial charge in [-0.15, -0.1) is 11.3 Å². The minimum absolute atomic E-state index is 0.191. The number of rotatable bonds is 10. The smallest absolute Gasteiger partial charge is 0.410 e. The maximum Gasteiger partial charge on any atom is 0.410 e. The molecule has 2 N–H and O–H groups in total. The summed E-state index contributed by atoms with van der Waals surface area (Å²) in [4.78, 5) is 38.6. The zero-order valence-corrected chi connectivity index (χ0v) is 22.3. The van der Waals surface area contributed by atoms with E-state index >= 15 is 0 Å². The van der Waals surface area contributed by atoms with Gasteiger partial charge in [-0.1, -0.05) is 26.8 Å². The zero-order valence-electron chi connectivity index (χ0n) is 19.9. The molecular weight excluding hydrogens is 522 g/mol. The Labute approximate surface area is 211 Å². The molecule has 0 aliphatic carbocycles. The van der Waals surface area contributed by atoms with Gasteiger partial charge in [0.25, 0.3) is 0 Å². The van der Waals surface area contributed by atoms with Gasteiger partial charge in [-0.3, -0.25) is 10.1 Å². The number of Topliss-reactive ketones (excluding diaryl/α,β-unsaturated/α-hetero) is 1. The van der Waals surface area contributed by atoms with E-state index in [2.05, 4.69) is 39.8 Å². The number of carbonyl (C=O) groups excluding carboxylic acids is 2. The van der Waals surface area contributed by atoms with Crippen LogP contribution in [0.3, 0.4) is 0 Å². The number of allylic oxidation sites excluding steroid dienone is 2. The van der Waals surface area contributed by atoms with Gasteiger partial charge in [0, 0.05) is 32.4 Å². The fourth-order valence-corrected chi connectivity index (χ4v) is 5.25. The molecule has 7 nitrogen and oxygen atoms in total. The number of thiophene rings is 1. The van der Waals surface area contributed by atoms with Gasteiger partial charge in [-0.2, -0.15) is 0 Å². The van der Waals surface area contributed by atoms with Crippen LogP contribution < -0.4 is 10.9 Å². The molecule has 1 amide bonds. The van der Waals surface area contributed by atoms with Crippen LogP contribution in [0.1, 0.15) is 72.3 Å². The largest absolute Gasteiger partial charge is 0.507 e. The molecule has 184 valence electrons. The van der Waals surface area contributed by atoms with E-state index < -0.39 is 23.3 Å². The fourth-order valence-electron chi connectivity index (χ4n) is 3.20. The van der Waals surface area contributed by atoms with Crippen molar-refractivity contribution in [2.24, 2.45) is 5.92 Å². The van der Waals surface area contributed by atoms with E-state index in [-0.39, 0.29) is 17.2 Å². The topological polar surface area (TPSA) is 106 Å². The van der Waals surface area contributed by atoms with Crippen molar-refractivity contribution in [2.45, 2.75) is 52.9 Å².